The predicted octanol–water partition coefficient (Wildman–Crippen LogP) is 3.10. The summed E-state index contributed by atoms with van der Waals surface area (Å²) in [6.07, 6.45) is 3.81. The smallest absolute Gasteiger partial charge is 0.224 e. The van der Waals surface area contributed by atoms with E-state index in [2.05, 4.69) is 13.8 Å². The highest BCUT2D eigenvalue weighted by Gasteiger charge is 2.19. The van der Waals surface area contributed by atoms with E-state index in [1.807, 2.05) is 18.7 Å². The number of nitrogens with zero attached hydrogens (tertiary/aromatic N) is 1. The summed E-state index contributed by atoms with van der Waals surface area (Å²) in [5.41, 5.74) is 0. The van der Waals surface area contributed by atoms with E-state index in [0.717, 1.165) is 44.9 Å². The summed E-state index contributed by atoms with van der Waals surface area (Å²) < 4.78 is 10.7. The van der Waals surface area contributed by atoms with E-state index in [4.69, 9.17) is 9.47 Å². The first-order valence-electron chi connectivity index (χ1n) is 8.17. The normalized spacial score (nSPS) is 15.7. The molecule has 4 nitrogen and oxygen atoms in total. The van der Waals surface area contributed by atoms with Crippen molar-refractivity contribution in [1.29, 1.82) is 0 Å². The summed E-state index contributed by atoms with van der Waals surface area (Å²) in [7, 11) is 0. The molecular formula is C16H33NO3. The summed E-state index contributed by atoms with van der Waals surface area (Å²) >= 11 is 0. The molecular weight excluding hydrogens is 254 g/mol. The van der Waals surface area contributed by atoms with Gasteiger partial charge >= 0.3 is 0 Å². The average Bonchev–Trinajstić information content (AvgIpc) is 2.49. The lowest BCUT2D eigenvalue weighted by atomic mass is 9.99. The van der Waals surface area contributed by atoms with Crippen LogP contribution in [-0.2, 0) is 14.3 Å². The Hall–Kier alpha value is -0.610. The van der Waals surface area contributed by atoms with Gasteiger partial charge in [-0.15, -0.1) is 0 Å². The van der Waals surface area contributed by atoms with Crippen LogP contribution in [0, 0.1) is 5.92 Å². The number of ether oxygens (including phenoxy) is 2. The number of likely N-dealkylation sites (tertiary alicyclic amines) is 1. The fraction of sp³-hybridized carbons (Fsp3) is 0.938. The molecule has 0 spiro atoms. The molecule has 0 radical (unpaired) electrons. The summed E-state index contributed by atoms with van der Waals surface area (Å²) in [6, 6.07) is 0. The molecule has 0 atom stereocenters. The molecule has 1 aliphatic heterocycles. The van der Waals surface area contributed by atoms with Crippen LogP contribution in [0.2, 0.25) is 0 Å². The molecule has 0 aromatic heterocycles. The zero-order valence-electron chi connectivity index (χ0n) is 13.8. The minimum absolute atomic E-state index is 0.233. The van der Waals surface area contributed by atoms with Crippen molar-refractivity contribution in [2.45, 2.75) is 53.4 Å². The van der Waals surface area contributed by atoms with Gasteiger partial charge in [0.15, 0.2) is 0 Å². The molecule has 20 heavy (non-hydrogen) atoms. The predicted molar refractivity (Wildman–Crippen MR) is 82.9 cm³/mol. The van der Waals surface area contributed by atoms with Gasteiger partial charge in [0.2, 0.25) is 5.91 Å². The van der Waals surface area contributed by atoms with E-state index < -0.39 is 0 Å². The standard InChI is InChI=1S/C14H27NO3.C2H6/c1-3-9-17-11-12-18-10-6-14(16)15-7-4-13(2)5-8-15;1-2/h13H,3-12H2,1-2H3;1-2H3. The van der Waals surface area contributed by atoms with Crippen LogP contribution in [-0.4, -0.2) is 50.3 Å². The van der Waals surface area contributed by atoms with Gasteiger partial charge in [-0.25, -0.2) is 0 Å². The third-order valence-electron chi connectivity index (χ3n) is 3.32. The van der Waals surface area contributed by atoms with Crippen molar-refractivity contribution in [2.75, 3.05) is 39.5 Å². The number of carbonyl (C=O) groups excluding carboxylic acids is 1. The minimum atomic E-state index is 0.233. The Bertz CT molecular complexity index is 226. The summed E-state index contributed by atoms with van der Waals surface area (Å²) in [5, 5.41) is 0. The van der Waals surface area contributed by atoms with Gasteiger partial charge in [0.25, 0.3) is 0 Å². The molecule has 0 unspecified atom stereocenters. The second kappa shape index (κ2) is 13.4. The molecule has 0 bridgehead atoms. The van der Waals surface area contributed by atoms with Crippen molar-refractivity contribution in [3.8, 4) is 0 Å². The average molecular weight is 287 g/mol. The van der Waals surface area contributed by atoms with E-state index in [9.17, 15) is 4.79 Å². The molecule has 1 amide bonds. The summed E-state index contributed by atoms with van der Waals surface area (Å²) in [4.78, 5) is 13.8. The van der Waals surface area contributed by atoms with Crippen molar-refractivity contribution < 1.29 is 14.3 Å². The lowest BCUT2D eigenvalue weighted by Crippen LogP contribution is -2.38. The number of hydrogen-bond donors (Lipinski definition) is 0. The Kier molecular flexibility index (Phi) is 13.0. The highest BCUT2D eigenvalue weighted by molar-refractivity contribution is 5.76. The molecule has 1 fully saturated rings. The van der Waals surface area contributed by atoms with Crippen LogP contribution in [0.25, 0.3) is 0 Å². The zero-order chi connectivity index (χ0) is 15.2. The number of carbonyl (C=O) groups is 1. The molecule has 1 heterocycles. The molecule has 1 rings (SSSR count). The molecule has 0 saturated carbocycles. The fourth-order valence-corrected chi connectivity index (χ4v) is 2.04. The summed E-state index contributed by atoms with van der Waals surface area (Å²) in [6.45, 7) is 12.7. The highest BCUT2D eigenvalue weighted by atomic mass is 16.5. The topological polar surface area (TPSA) is 38.8 Å². The first-order valence-corrected chi connectivity index (χ1v) is 8.17. The lowest BCUT2D eigenvalue weighted by Gasteiger charge is -2.30. The Morgan fingerprint density at radius 3 is 2.15 bits per heavy atom. The van der Waals surface area contributed by atoms with Gasteiger partial charge in [0, 0.05) is 19.7 Å². The van der Waals surface area contributed by atoms with Gasteiger partial charge in [-0.05, 0) is 25.2 Å². The van der Waals surface area contributed by atoms with Gasteiger partial charge in [-0.2, -0.15) is 0 Å². The van der Waals surface area contributed by atoms with Crippen LogP contribution < -0.4 is 0 Å². The molecule has 0 aliphatic carbocycles. The first-order chi connectivity index (χ1) is 9.74. The maximum absolute atomic E-state index is 11.9. The van der Waals surface area contributed by atoms with E-state index in [0.29, 0.717) is 26.2 Å². The van der Waals surface area contributed by atoms with Crippen LogP contribution in [0.5, 0.6) is 0 Å². The number of amides is 1. The maximum atomic E-state index is 11.9. The largest absolute Gasteiger partial charge is 0.379 e. The van der Waals surface area contributed by atoms with Gasteiger partial charge in [0.1, 0.15) is 0 Å². The summed E-state index contributed by atoms with van der Waals surface area (Å²) in [5.74, 6) is 0.998. The van der Waals surface area contributed by atoms with Crippen molar-refractivity contribution in [2.24, 2.45) is 5.92 Å². The third-order valence-corrected chi connectivity index (χ3v) is 3.32. The van der Waals surface area contributed by atoms with E-state index >= 15 is 0 Å². The molecule has 1 aliphatic rings. The molecule has 0 aromatic carbocycles. The number of hydrogen-bond acceptors (Lipinski definition) is 3. The Labute approximate surface area is 124 Å². The quantitative estimate of drug-likeness (QED) is 0.644. The maximum Gasteiger partial charge on any atom is 0.224 e. The van der Waals surface area contributed by atoms with E-state index in [-0.39, 0.29) is 5.91 Å². The SMILES string of the molecule is CC.CCCOCCOCCC(=O)N1CCC(C)CC1. The molecule has 120 valence electrons. The van der Waals surface area contributed by atoms with Crippen molar-refractivity contribution in [1.82, 2.24) is 4.90 Å². The van der Waals surface area contributed by atoms with Crippen LogP contribution in [0.3, 0.4) is 0 Å². The molecule has 1 saturated heterocycles. The van der Waals surface area contributed by atoms with Gasteiger partial charge in [0.05, 0.1) is 26.2 Å². The van der Waals surface area contributed by atoms with Crippen LogP contribution in [0.15, 0.2) is 0 Å². The van der Waals surface area contributed by atoms with Crippen molar-refractivity contribution in [3.05, 3.63) is 0 Å². The van der Waals surface area contributed by atoms with Gasteiger partial charge < -0.3 is 14.4 Å². The Balaban J connectivity index is 0.00000172. The fourth-order valence-electron chi connectivity index (χ4n) is 2.04. The van der Waals surface area contributed by atoms with Crippen LogP contribution >= 0.6 is 0 Å². The van der Waals surface area contributed by atoms with Crippen LogP contribution in [0.1, 0.15) is 53.4 Å². The second-order valence-corrected chi connectivity index (χ2v) is 5.04. The lowest BCUT2D eigenvalue weighted by molar-refractivity contribution is -0.133. The van der Waals surface area contributed by atoms with Gasteiger partial charge in [-0.3, -0.25) is 4.79 Å². The van der Waals surface area contributed by atoms with E-state index in [1.165, 1.54) is 0 Å². The van der Waals surface area contributed by atoms with Crippen molar-refractivity contribution in [3.63, 3.8) is 0 Å². The van der Waals surface area contributed by atoms with E-state index in [1.54, 1.807) is 0 Å². The Morgan fingerprint density at radius 1 is 1.05 bits per heavy atom. The zero-order valence-corrected chi connectivity index (χ0v) is 13.8. The second-order valence-electron chi connectivity index (χ2n) is 5.04. The molecule has 0 N–H and O–H groups in total. The third kappa shape index (κ3) is 9.32. The first kappa shape index (κ1) is 19.4. The molecule has 0 aromatic rings. The van der Waals surface area contributed by atoms with Gasteiger partial charge in [-0.1, -0.05) is 27.7 Å². The van der Waals surface area contributed by atoms with Crippen LogP contribution in [0.4, 0.5) is 0 Å². The van der Waals surface area contributed by atoms with Crippen molar-refractivity contribution >= 4 is 5.91 Å². The Morgan fingerprint density at radius 2 is 1.60 bits per heavy atom. The highest BCUT2D eigenvalue weighted by Crippen LogP contribution is 2.16. The minimum Gasteiger partial charge on any atom is -0.379 e. The molecule has 4 heteroatoms. The number of rotatable bonds is 8. The number of piperidine rings is 1. The monoisotopic (exact) mass is 287 g/mol.